The topological polar surface area (TPSA) is 38.3 Å². The quantitative estimate of drug-likeness (QED) is 0.520. The van der Waals surface area contributed by atoms with Crippen LogP contribution >= 0.6 is 11.8 Å². The number of ether oxygens (including phenoxy) is 1. The van der Waals surface area contributed by atoms with E-state index in [1.165, 1.54) is 7.11 Å². The van der Waals surface area contributed by atoms with Crippen LogP contribution in [-0.2, 0) is 9.53 Å². The van der Waals surface area contributed by atoms with Gasteiger partial charge in [-0.1, -0.05) is 13.8 Å². The second-order valence-electron chi connectivity index (χ2n) is 3.46. The van der Waals surface area contributed by atoms with E-state index in [1.54, 1.807) is 0 Å². The van der Waals surface area contributed by atoms with E-state index < -0.39 is 0 Å². The van der Waals surface area contributed by atoms with E-state index in [9.17, 15) is 4.79 Å². The van der Waals surface area contributed by atoms with Crippen LogP contribution < -0.4 is 5.32 Å². The van der Waals surface area contributed by atoms with Gasteiger partial charge in [0.25, 0.3) is 0 Å². The van der Waals surface area contributed by atoms with Gasteiger partial charge >= 0.3 is 5.97 Å². The molecule has 2 unspecified atom stereocenters. The fourth-order valence-electron chi connectivity index (χ4n) is 1.03. The molecule has 0 spiro atoms. The largest absolute Gasteiger partial charge is 0.469 e. The Morgan fingerprint density at radius 1 is 1.50 bits per heavy atom. The predicted octanol–water partition coefficient (Wildman–Crippen LogP) is 1.53. The summed E-state index contributed by atoms with van der Waals surface area (Å²) in [6.45, 7) is 5.74. The second-order valence-corrected chi connectivity index (χ2v) is 4.74. The summed E-state index contributed by atoms with van der Waals surface area (Å²) in [7, 11) is 1.43. The van der Waals surface area contributed by atoms with E-state index in [-0.39, 0.29) is 11.9 Å². The lowest BCUT2D eigenvalue weighted by Gasteiger charge is -2.12. The summed E-state index contributed by atoms with van der Waals surface area (Å²) >= 11 is 1.86. The maximum atomic E-state index is 11.0. The molecule has 0 amide bonds. The molecule has 0 saturated heterocycles. The molecule has 0 aliphatic carbocycles. The number of thioether (sulfide) groups is 1. The normalized spacial score (nSPS) is 14.9. The molecule has 0 fully saturated rings. The summed E-state index contributed by atoms with van der Waals surface area (Å²) in [5, 5.41) is 3.93. The van der Waals surface area contributed by atoms with Crippen LogP contribution in [0.2, 0.25) is 0 Å². The Balaban J connectivity index is 3.40. The molecule has 0 rings (SSSR count). The van der Waals surface area contributed by atoms with Crippen molar-refractivity contribution >= 4 is 17.7 Å². The van der Waals surface area contributed by atoms with E-state index in [0.29, 0.717) is 11.8 Å². The van der Waals surface area contributed by atoms with Crippen LogP contribution in [0.1, 0.15) is 20.3 Å². The van der Waals surface area contributed by atoms with Crippen LogP contribution in [0.4, 0.5) is 0 Å². The van der Waals surface area contributed by atoms with Crippen molar-refractivity contribution in [3.63, 3.8) is 0 Å². The lowest BCUT2D eigenvalue weighted by atomic mass is 10.2. The van der Waals surface area contributed by atoms with Gasteiger partial charge < -0.3 is 10.1 Å². The van der Waals surface area contributed by atoms with Crippen molar-refractivity contribution in [1.82, 2.24) is 5.32 Å². The summed E-state index contributed by atoms with van der Waals surface area (Å²) in [4.78, 5) is 11.0. The van der Waals surface area contributed by atoms with E-state index in [1.807, 2.05) is 18.7 Å². The second kappa shape index (κ2) is 8.12. The van der Waals surface area contributed by atoms with E-state index in [0.717, 1.165) is 13.0 Å². The highest BCUT2D eigenvalue weighted by Gasteiger charge is 2.11. The number of carbonyl (C=O) groups is 1. The smallest absolute Gasteiger partial charge is 0.309 e. The zero-order valence-electron chi connectivity index (χ0n) is 9.50. The first-order valence-corrected chi connectivity index (χ1v) is 6.22. The third kappa shape index (κ3) is 6.27. The number of carbonyl (C=O) groups excluding carboxylic acids is 1. The molecule has 0 aromatic rings. The minimum atomic E-state index is -0.143. The van der Waals surface area contributed by atoms with Crippen molar-refractivity contribution in [3.05, 3.63) is 0 Å². The summed E-state index contributed by atoms with van der Waals surface area (Å²) < 4.78 is 4.63. The van der Waals surface area contributed by atoms with E-state index in [2.05, 4.69) is 23.2 Å². The Labute approximate surface area is 91.0 Å². The monoisotopic (exact) mass is 219 g/mol. The Bertz CT molecular complexity index is 164. The molecule has 0 radical (unpaired) electrons. The molecule has 0 saturated carbocycles. The maximum Gasteiger partial charge on any atom is 0.309 e. The molecule has 14 heavy (non-hydrogen) atoms. The molecule has 3 nitrogen and oxygen atoms in total. The third-order valence-electron chi connectivity index (χ3n) is 2.18. The van der Waals surface area contributed by atoms with Crippen LogP contribution in [0.15, 0.2) is 0 Å². The standard InChI is InChI=1S/C10H21NO2S/c1-8(10(12)13-3)7-11-6-5-9(2)14-4/h8-9,11H,5-7H2,1-4H3. The molecule has 0 aliphatic rings. The lowest BCUT2D eigenvalue weighted by molar-refractivity contribution is -0.144. The van der Waals surface area contributed by atoms with Gasteiger partial charge in [-0.15, -0.1) is 0 Å². The van der Waals surface area contributed by atoms with Gasteiger partial charge in [0.1, 0.15) is 0 Å². The molecular weight excluding hydrogens is 198 g/mol. The minimum Gasteiger partial charge on any atom is -0.469 e. The van der Waals surface area contributed by atoms with Crippen molar-refractivity contribution in [2.75, 3.05) is 26.5 Å². The third-order valence-corrected chi connectivity index (χ3v) is 3.22. The van der Waals surface area contributed by atoms with Crippen molar-refractivity contribution in [3.8, 4) is 0 Å². The van der Waals surface area contributed by atoms with Gasteiger partial charge in [-0.2, -0.15) is 11.8 Å². The van der Waals surface area contributed by atoms with Crippen LogP contribution in [-0.4, -0.2) is 37.7 Å². The summed E-state index contributed by atoms with van der Waals surface area (Å²) in [5.41, 5.74) is 0. The molecule has 0 bridgehead atoms. The Morgan fingerprint density at radius 2 is 2.14 bits per heavy atom. The number of hydrogen-bond donors (Lipinski definition) is 1. The van der Waals surface area contributed by atoms with Gasteiger partial charge in [0.2, 0.25) is 0 Å². The van der Waals surface area contributed by atoms with Gasteiger partial charge in [-0.25, -0.2) is 0 Å². The Kier molecular flexibility index (Phi) is 7.99. The molecule has 84 valence electrons. The molecule has 0 heterocycles. The van der Waals surface area contributed by atoms with Crippen molar-refractivity contribution in [1.29, 1.82) is 0 Å². The van der Waals surface area contributed by atoms with Gasteiger partial charge in [0, 0.05) is 11.8 Å². The highest BCUT2D eigenvalue weighted by molar-refractivity contribution is 7.99. The van der Waals surface area contributed by atoms with Crippen LogP contribution in [0.25, 0.3) is 0 Å². The first-order chi connectivity index (χ1) is 6.61. The van der Waals surface area contributed by atoms with Crippen molar-refractivity contribution in [2.45, 2.75) is 25.5 Å². The Morgan fingerprint density at radius 3 is 2.64 bits per heavy atom. The van der Waals surface area contributed by atoms with Gasteiger partial charge in [0.15, 0.2) is 0 Å². The first kappa shape index (κ1) is 13.8. The number of rotatable bonds is 7. The fourth-order valence-corrected chi connectivity index (χ4v) is 1.38. The zero-order chi connectivity index (χ0) is 11.0. The zero-order valence-corrected chi connectivity index (χ0v) is 10.3. The molecule has 4 heteroatoms. The first-order valence-electron chi connectivity index (χ1n) is 4.93. The summed E-state index contributed by atoms with van der Waals surface area (Å²) in [5.74, 6) is -0.194. The number of esters is 1. The SMILES string of the molecule is COC(=O)C(C)CNCCC(C)SC. The van der Waals surface area contributed by atoms with Gasteiger partial charge in [-0.05, 0) is 19.2 Å². The van der Waals surface area contributed by atoms with Crippen LogP contribution in [0.5, 0.6) is 0 Å². The summed E-state index contributed by atoms with van der Waals surface area (Å²) in [6.07, 6.45) is 3.25. The maximum absolute atomic E-state index is 11.0. The average Bonchev–Trinajstić information content (AvgIpc) is 2.22. The van der Waals surface area contributed by atoms with Crippen LogP contribution in [0.3, 0.4) is 0 Å². The number of hydrogen-bond acceptors (Lipinski definition) is 4. The molecule has 0 aliphatic heterocycles. The van der Waals surface area contributed by atoms with Crippen molar-refractivity contribution in [2.24, 2.45) is 5.92 Å². The molecular formula is C10H21NO2S. The fraction of sp³-hybridized carbons (Fsp3) is 0.900. The average molecular weight is 219 g/mol. The van der Waals surface area contributed by atoms with E-state index >= 15 is 0 Å². The molecule has 0 aromatic heterocycles. The van der Waals surface area contributed by atoms with Gasteiger partial charge in [-0.3, -0.25) is 4.79 Å². The molecule has 2 atom stereocenters. The highest BCUT2D eigenvalue weighted by atomic mass is 32.2. The highest BCUT2D eigenvalue weighted by Crippen LogP contribution is 2.08. The summed E-state index contributed by atoms with van der Waals surface area (Å²) in [6, 6.07) is 0. The van der Waals surface area contributed by atoms with Crippen molar-refractivity contribution < 1.29 is 9.53 Å². The minimum absolute atomic E-state index is 0.0513. The Hall–Kier alpha value is -0.220. The van der Waals surface area contributed by atoms with Gasteiger partial charge in [0.05, 0.1) is 13.0 Å². The van der Waals surface area contributed by atoms with Crippen LogP contribution in [0, 0.1) is 5.92 Å². The predicted molar refractivity (Wildman–Crippen MR) is 61.6 cm³/mol. The number of nitrogens with one attached hydrogen (secondary N) is 1. The number of methoxy groups -OCH3 is 1. The van der Waals surface area contributed by atoms with E-state index in [4.69, 9.17) is 0 Å². The molecule has 1 N–H and O–H groups in total. The lowest BCUT2D eigenvalue weighted by Crippen LogP contribution is -2.28. The molecule has 0 aromatic carbocycles.